The Hall–Kier alpha value is -3.31. The molecule has 4 aromatic rings. The molecule has 7 nitrogen and oxygen atoms in total. The van der Waals surface area contributed by atoms with E-state index < -0.39 is 32.7 Å². The second kappa shape index (κ2) is 9.04. The van der Waals surface area contributed by atoms with Crippen molar-refractivity contribution in [1.82, 2.24) is 24.5 Å². The lowest BCUT2D eigenvalue weighted by molar-refractivity contribution is -0.137. The standard InChI is InChI=1S/C24H22F3N5O2S/c25-24(26,27)19-10-18(16-6-7-23-17(9-16)3-2-8-28-23)11-22(12-19)35(33,34)31-20-4-1-5-21(13-20)32-14-29-30-15-32/h2-3,6-12,14-15,20-21,31H,1,4-5,13H2/t20-,21+/m0/s1. The smallest absolute Gasteiger partial charge is 0.317 e. The SMILES string of the molecule is O=S(=O)(N[C@H]1CCC[C@@H](n2cnnc2)C1)c1cc(-c2ccc3ncccc3c2)cc(C(F)(F)F)c1. The number of fused-ring (bicyclic) bond motifs is 1. The Balaban J connectivity index is 1.49. The molecule has 182 valence electrons. The summed E-state index contributed by atoms with van der Waals surface area (Å²) >= 11 is 0. The fraction of sp³-hybridized carbons (Fsp3) is 0.292. The third kappa shape index (κ3) is 5.06. The van der Waals surface area contributed by atoms with Gasteiger partial charge in [-0.25, -0.2) is 13.1 Å². The monoisotopic (exact) mass is 501 g/mol. The highest BCUT2D eigenvalue weighted by Crippen LogP contribution is 2.36. The lowest BCUT2D eigenvalue weighted by Crippen LogP contribution is -2.38. The van der Waals surface area contributed by atoms with Crippen molar-refractivity contribution >= 4 is 20.9 Å². The molecule has 1 saturated carbocycles. The second-order valence-corrected chi connectivity index (χ2v) is 10.4. The number of alkyl halides is 3. The number of sulfonamides is 1. The maximum atomic E-state index is 13.7. The Labute approximate surface area is 200 Å². The fourth-order valence-electron chi connectivity index (χ4n) is 4.57. The molecule has 5 rings (SSSR count). The molecule has 2 heterocycles. The number of nitrogens with zero attached hydrogens (tertiary/aromatic N) is 4. The summed E-state index contributed by atoms with van der Waals surface area (Å²) in [4.78, 5) is 3.81. The van der Waals surface area contributed by atoms with Crippen molar-refractivity contribution in [2.45, 2.75) is 48.8 Å². The highest BCUT2D eigenvalue weighted by molar-refractivity contribution is 7.89. The summed E-state index contributed by atoms with van der Waals surface area (Å²) < 4.78 is 72.2. The van der Waals surface area contributed by atoms with E-state index in [1.807, 2.05) is 4.57 Å². The summed E-state index contributed by atoms with van der Waals surface area (Å²) in [6.07, 6.45) is 2.81. The maximum Gasteiger partial charge on any atom is 0.416 e. The van der Waals surface area contributed by atoms with Gasteiger partial charge in [0.25, 0.3) is 0 Å². The van der Waals surface area contributed by atoms with Gasteiger partial charge in [0.2, 0.25) is 10.0 Å². The number of nitrogens with one attached hydrogen (secondary N) is 1. The van der Waals surface area contributed by atoms with E-state index in [0.717, 1.165) is 24.3 Å². The van der Waals surface area contributed by atoms with Crippen molar-refractivity contribution in [2.24, 2.45) is 0 Å². The van der Waals surface area contributed by atoms with E-state index in [-0.39, 0.29) is 11.6 Å². The topological polar surface area (TPSA) is 89.8 Å². The van der Waals surface area contributed by atoms with Crippen LogP contribution in [0.3, 0.4) is 0 Å². The van der Waals surface area contributed by atoms with Crippen LogP contribution in [0.2, 0.25) is 0 Å². The molecule has 2 aromatic carbocycles. The maximum absolute atomic E-state index is 13.7. The van der Waals surface area contributed by atoms with E-state index in [0.29, 0.717) is 30.0 Å². The Morgan fingerprint density at radius 2 is 1.77 bits per heavy atom. The number of benzene rings is 2. The molecule has 0 unspecified atom stereocenters. The van der Waals surface area contributed by atoms with Gasteiger partial charge in [-0.1, -0.05) is 12.1 Å². The summed E-state index contributed by atoms with van der Waals surface area (Å²) in [6, 6.07) is 11.1. The van der Waals surface area contributed by atoms with Crippen molar-refractivity contribution in [2.75, 3.05) is 0 Å². The lowest BCUT2D eigenvalue weighted by Gasteiger charge is -2.30. The minimum absolute atomic E-state index is 0.0229. The molecule has 0 bridgehead atoms. The Bertz CT molecular complexity index is 1460. The Morgan fingerprint density at radius 3 is 2.54 bits per heavy atom. The molecule has 1 aliphatic rings. The summed E-state index contributed by atoms with van der Waals surface area (Å²) in [7, 11) is -4.21. The number of halogens is 3. The van der Waals surface area contributed by atoms with E-state index in [1.165, 1.54) is 6.07 Å². The van der Waals surface area contributed by atoms with Crippen LogP contribution in [0.4, 0.5) is 13.2 Å². The first-order valence-electron chi connectivity index (χ1n) is 11.1. The second-order valence-electron chi connectivity index (χ2n) is 8.70. The van der Waals surface area contributed by atoms with Gasteiger partial charge in [0.05, 0.1) is 16.0 Å². The van der Waals surface area contributed by atoms with Gasteiger partial charge < -0.3 is 4.57 Å². The number of pyridine rings is 1. The molecule has 0 spiro atoms. The zero-order valence-corrected chi connectivity index (χ0v) is 19.3. The van der Waals surface area contributed by atoms with Gasteiger partial charge in [-0.15, -0.1) is 10.2 Å². The molecule has 2 atom stereocenters. The third-order valence-corrected chi connectivity index (χ3v) is 7.81. The average molecular weight is 502 g/mol. The quantitative estimate of drug-likeness (QED) is 0.417. The molecule has 1 fully saturated rings. The summed E-state index contributed by atoms with van der Waals surface area (Å²) in [5.74, 6) is 0. The Kier molecular flexibility index (Phi) is 6.06. The van der Waals surface area contributed by atoms with Gasteiger partial charge >= 0.3 is 6.18 Å². The molecule has 35 heavy (non-hydrogen) atoms. The number of rotatable bonds is 5. The zero-order chi connectivity index (χ0) is 24.6. The first-order chi connectivity index (χ1) is 16.7. The van der Waals surface area contributed by atoms with Gasteiger partial charge in [0.1, 0.15) is 12.7 Å². The lowest BCUT2D eigenvalue weighted by atomic mass is 9.91. The van der Waals surface area contributed by atoms with E-state index in [1.54, 1.807) is 49.2 Å². The molecule has 1 aliphatic carbocycles. The average Bonchev–Trinajstić information content (AvgIpc) is 3.38. The van der Waals surface area contributed by atoms with Gasteiger partial charge in [0, 0.05) is 23.7 Å². The van der Waals surface area contributed by atoms with Crippen LogP contribution in [-0.4, -0.2) is 34.2 Å². The first-order valence-corrected chi connectivity index (χ1v) is 12.6. The van der Waals surface area contributed by atoms with Crippen LogP contribution in [0.15, 0.2) is 72.3 Å². The van der Waals surface area contributed by atoms with Crippen LogP contribution < -0.4 is 4.72 Å². The molecule has 2 aromatic heterocycles. The molecular weight excluding hydrogens is 479 g/mol. The van der Waals surface area contributed by atoms with Crippen molar-refractivity contribution in [3.05, 3.63) is 72.9 Å². The summed E-state index contributed by atoms with van der Waals surface area (Å²) in [5.41, 5.74) is 0.306. The zero-order valence-electron chi connectivity index (χ0n) is 18.5. The molecule has 0 aliphatic heterocycles. The largest absolute Gasteiger partial charge is 0.416 e. The predicted octanol–water partition coefficient (Wildman–Crippen LogP) is 4.97. The third-order valence-electron chi connectivity index (χ3n) is 6.31. The van der Waals surface area contributed by atoms with Gasteiger partial charge in [-0.05, 0) is 73.2 Å². The summed E-state index contributed by atoms with van der Waals surface area (Å²) in [5, 5.41) is 8.34. The molecule has 11 heteroatoms. The van der Waals surface area contributed by atoms with Crippen molar-refractivity contribution in [3.63, 3.8) is 0 Å². The van der Waals surface area contributed by atoms with Crippen LogP contribution in [0.1, 0.15) is 37.3 Å². The van der Waals surface area contributed by atoms with Crippen molar-refractivity contribution in [3.8, 4) is 11.1 Å². The van der Waals surface area contributed by atoms with Crippen LogP contribution >= 0.6 is 0 Å². The minimum atomic E-state index is -4.71. The molecule has 0 saturated heterocycles. The van der Waals surface area contributed by atoms with Crippen molar-refractivity contribution < 1.29 is 21.6 Å². The normalized spacial score (nSPS) is 19.2. The highest BCUT2D eigenvalue weighted by atomic mass is 32.2. The van der Waals surface area contributed by atoms with Gasteiger partial charge in [-0.3, -0.25) is 4.98 Å². The number of hydrogen-bond donors (Lipinski definition) is 1. The molecule has 0 radical (unpaired) electrons. The minimum Gasteiger partial charge on any atom is -0.317 e. The molecule has 1 N–H and O–H groups in total. The van der Waals surface area contributed by atoms with Gasteiger partial charge in [-0.2, -0.15) is 13.2 Å². The Morgan fingerprint density at radius 1 is 0.971 bits per heavy atom. The first kappa shape index (κ1) is 23.4. The molecule has 0 amide bonds. The van der Waals surface area contributed by atoms with Crippen LogP contribution in [-0.2, 0) is 16.2 Å². The van der Waals surface area contributed by atoms with E-state index >= 15 is 0 Å². The van der Waals surface area contributed by atoms with Crippen LogP contribution in [0.25, 0.3) is 22.0 Å². The van der Waals surface area contributed by atoms with Crippen molar-refractivity contribution in [1.29, 1.82) is 0 Å². The highest BCUT2D eigenvalue weighted by Gasteiger charge is 2.34. The summed E-state index contributed by atoms with van der Waals surface area (Å²) in [6.45, 7) is 0. The van der Waals surface area contributed by atoms with Gasteiger partial charge in [0.15, 0.2) is 0 Å². The number of aromatic nitrogens is 4. The van der Waals surface area contributed by atoms with Crippen LogP contribution in [0.5, 0.6) is 0 Å². The van der Waals surface area contributed by atoms with Crippen LogP contribution in [0, 0.1) is 0 Å². The van der Waals surface area contributed by atoms with E-state index in [4.69, 9.17) is 0 Å². The molecular formula is C24H22F3N5O2S. The predicted molar refractivity (Wildman–Crippen MR) is 124 cm³/mol. The fourth-order valence-corrected chi connectivity index (χ4v) is 5.92. The van der Waals surface area contributed by atoms with E-state index in [2.05, 4.69) is 19.9 Å². The number of hydrogen-bond acceptors (Lipinski definition) is 5. The van der Waals surface area contributed by atoms with E-state index in [9.17, 15) is 21.6 Å².